The van der Waals surface area contributed by atoms with E-state index >= 15 is 0 Å². The van der Waals surface area contributed by atoms with Gasteiger partial charge in [0.1, 0.15) is 11.3 Å². The molecule has 0 fully saturated rings. The summed E-state index contributed by atoms with van der Waals surface area (Å²) in [4.78, 5) is 9.06. The maximum atomic E-state index is 9.41. The Labute approximate surface area is 126 Å². The highest BCUT2D eigenvalue weighted by Crippen LogP contribution is 2.25. The normalized spacial score (nSPS) is 11.1. The molecule has 0 spiro atoms. The summed E-state index contributed by atoms with van der Waals surface area (Å²) in [5.41, 5.74) is 2.69. The number of imidazole rings is 1. The average molecular weight is 291 g/mol. The quantitative estimate of drug-likeness (QED) is 0.628. The standard InChI is InChI=1S/C17H13N3O2/c21-13-7-5-12(6-8-13)11-20-16-14(3-1-9-18-16)19-17(20)15-4-2-10-22-15/h1-10,21H,11H2. The Morgan fingerprint density at radius 3 is 2.68 bits per heavy atom. The first kappa shape index (κ1) is 12.6. The van der Waals surface area contributed by atoms with E-state index in [9.17, 15) is 5.11 Å². The third-order valence-electron chi connectivity index (χ3n) is 3.52. The van der Waals surface area contributed by atoms with Gasteiger partial charge in [-0.25, -0.2) is 9.97 Å². The summed E-state index contributed by atoms with van der Waals surface area (Å²) in [6, 6.07) is 14.6. The SMILES string of the molecule is Oc1ccc(Cn2c(-c3ccco3)nc3cccnc32)cc1. The molecule has 0 unspecified atom stereocenters. The predicted octanol–water partition coefficient (Wildman–Crippen LogP) is 3.45. The summed E-state index contributed by atoms with van der Waals surface area (Å²) in [7, 11) is 0. The molecule has 0 radical (unpaired) electrons. The molecule has 5 nitrogen and oxygen atoms in total. The molecule has 22 heavy (non-hydrogen) atoms. The Morgan fingerprint density at radius 2 is 1.91 bits per heavy atom. The number of nitrogens with zero attached hydrogens (tertiary/aromatic N) is 3. The number of benzene rings is 1. The van der Waals surface area contributed by atoms with Crippen LogP contribution in [0.5, 0.6) is 5.75 Å². The molecule has 0 saturated carbocycles. The number of pyridine rings is 1. The zero-order valence-electron chi connectivity index (χ0n) is 11.7. The minimum Gasteiger partial charge on any atom is -0.508 e. The van der Waals surface area contributed by atoms with Crippen LogP contribution in [0.15, 0.2) is 65.4 Å². The smallest absolute Gasteiger partial charge is 0.178 e. The number of phenols is 1. The summed E-state index contributed by atoms with van der Waals surface area (Å²) in [6.45, 7) is 0.601. The molecule has 1 aromatic carbocycles. The summed E-state index contributed by atoms with van der Waals surface area (Å²) in [5.74, 6) is 1.70. The van der Waals surface area contributed by atoms with Crippen LogP contribution in [0.1, 0.15) is 5.56 Å². The molecule has 0 aliphatic rings. The number of aromatic hydroxyl groups is 1. The number of phenolic OH excluding ortho intramolecular Hbond substituents is 1. The fourth-order valence-electron chi connectivity index (χ4n) is 2.49. The fraction of sp³-hybridized carbons (Fsp3) is 0.0588. The van der Waals surface area contributed by atoms with E-state index in [1.807, 2.05) is 41.0 Å². The van der Waals surface area contributed by atoms with Crippen molar-refractivity contribution in [2.45, 2.75) is 6.54 Å². The Balaban J connectivity index is 1.87. The number of aromatic nitrogens is 3. The molecule has 5 heteroatoms. The van der Waals surface area contributed by atoms with Crippen LogP contribution in [-0.4, -0.2) is 19.6 Å². The van der Waals surface area contributed by atoms with E-state index in [1.54, 1.807) is 24.6 Å². The molecule has 3 heterocycles. The van der Waals surface area contributed by atoms with Crippen molar-refractivity contribution < 1.29 is 9.52 Å². The maximum absolute atomic E-state index is 9.41. The topological polar surface area (TPSA) is 64.1 Å². The van der Waals surface area contributed by atoms with E-state index in [0.717, 1.165) is 22.6 Å². The molecule has 0 atom stereocenters. The molecular weight excluding hydrogens is 278 g/mol. The minimum atomic E-state index is 0.253. The summed E-state index contributed by atoms with van der Waals surface area (Å²) < 4.78 is 7.51. The van der Waals surface area contributed by atoms with Gasteiger partial charge in [-0.15, -0.1) is 0 Å². The third-order valence-corrected chi connectivity index (χ3v) is 3.52. The zero-order valence-corrected chi connectivity index (χ0v) is 11.7. The van der Waals surface area contributed by atoms with Crippen molar-refractivity contribution in [3.8, 4) is 17.3 Å². The second kappa shape index (κ2) is 5.04. The van der Waals surface area contributed by atoms with Gasteiger partial charge in [-0.3, -0.25) is 0 Å². The second-order valence-electron chi connectivity index (χ2n) is 5.01. The van der Waals surface area contributed by atoms with Crippen molar-refractivity contribution in [2.75, 3.05) is 0 Å². The lowest BCUT2D eigenvalue weighted by Gasteiger charge is -2.07. The first-order chi connectivity index (χ1) is 10.8. The highest BCUT2D eigenvalue weighted by atomic mass is 16.3. The molecule has 3 aromatic heterocycles. The van der Waals surface area contributed by atoms with Gasteiger partial charge in [-0.1, -0.05) is 12.1 Å². The molecule has 0 saturated heterocycles. The van der Waals surface area contributed by atoms with Crippen LogP contribution in [0.3, 0.4) is 0 Å². The van der Waals surface area contributed by atoms with Gasteiger partial charge >= 0.3 is 0 Å². The van der Waals surface area contributed by atoms with E-state index in [1.165, 1.54) is 0 Å². The van der Waals surface area contributed by atoms with Crippen molar-refractivity contribution in [1.82, 2.24) is 14.5 Å². The van der Waals surface area contributed by atoms with Crippen LogP contribution in [0.25, 0.3) is 22.7 Å². The highest BCUT2D eigenvalue weighted by Gasteiger charge is 2.15. The highest BCUT2D eigenvalue weighted by molar-refractivity contribution is 5.76. The van der Waals surface area contributed by atoms with Gasteiger partial charge < -0.3 is 14.1 Å². The van der Waals surface area contributed by atoms with Crippen LogP contribution in [0.2, 0.25) is 0 Å². The van der Waals surface area contributed by atoms with Crippen LogP contribution in [0, 0.1) is 0 Å². The predicted molar refractivity (Wildman–Crippen MR) is 82.4 cm³/mol. The number of fused-ring (bicyclic) bond motifs is 1. The molecular formula is C17H13N3O2. The van der Waals surface area contributed by atoms with Crippen molar-refractivity contribution in [3.63, 3.8) is 0 Å². The first-order valence-corrected chi connectivity index (χ1v) is 6.94. The Bertz CT molecular complexity index is 909. The van der Waals surface area contributed by atoms with E-state index in [-0.39, 0.29) is 5.75 Å². The van der Waals surface area contributed by atoms with Crippen molar-refractivity contribution in [1.29, 1.82) is 0 Å². The van der Waals surface area contributed by atoms with Crippen molar-refractivity contribution in [2.24, 2.45) is 0 Å². The summed E-state index contributed by atoms with van der Waals surface area (Å²) >= 11 is 0. The summed E-state index contributed by atoms with van der Waals surface area (Å²) in [6.07, 6.45) is 3.39. The van der Waals surface area contributed by atoms with E-state index < -0.39 is 0 Å². The van der Waals surface area contributed by atoms with Gasteiger partial charge in [0, 0.05) is 6.20 Å². The third kappa shape index (κ3) is 2.13. The van der Waals surface area contributed by atoms with Gasteiger partial charge in [0.2, 0.25) is 0 Å². The monoisotopic (exact) mass is 291 g/mol. The molecule has 0 aliphatic heterocycles. The fourth-order valence-corrected chi connectivity index (χ4v) is 2.49. The molecule has 108 valence electrons. The largest absolute Gasteiger partial charge is 0.508 e. The molecule has 0 aliphatic carbocycles. The van der Waals surface area contributed by atoms with Crippen molar-refractivity contribution >= 4 is 11.2 Å². The Hall–Kier alpha value is -3.08. The molecule has 1 N–H and O–H groups in total. The lowest BCUT2D eigenvalue weighted by atomic mass is 10.2. The van der Waals surface area contributed by atoms with E-state index in [2.05, 4.69) is 9.97 Å². The molecule has 0 bridgehead atoms. The molecule has 4 rings (SSSR count). The zero-order chi connectivity index (χ0) is 14.9. The molecule has 0 amide bonds. The second-order valence-corrected chi connectivity index (χ2v) is 5.01. The lowest BCUT2D eigenvalue weighted by molar-refractivity contribution is 0.475. The molecule has 4 aromatic rings. The van der Waals surface area contributed by atoms with Gasteiger partial charge in [-0.05, 0) is 42.0 Å². The van der Waals surface area contributed by atoms with Crippen LogP contribution in [0.4, 0.5) is 0 Å². The van der Waals surface area contributed by atoms with Crippen LogP contribution >= 0.6 is 0 Å². The van der Waals surface area contributed by atoms with E-state index in [4.69, 9.17) is 4.42 Å². The van der Waals surface area contributed by atoms with Gasteiger partial charge in [0.15, 0.2) is 17.2 Å². The van der Waals surface area contributed by atoms with Gasteiger partial charge in [0.05, 0.1) is 12.8 Å². The van der Waals surface area contributed by atoms with E-state index in [0.29, 0.717) is 12.3 Å². The van der Waals surface area contributed by atoms with Crippen LogP contribution < -0.4 is 0 Å². The van der Waals surface area contributed by atoms with Gasteiger partial charge in [0.25, 0.3) is 0 Å². The average Bonchev–Trinajstić information content (AvgIpc) is 3.18. The first-order valence-electron chi connectivity index (χ1n) is 6.94. The number of hydrogen-bond donors (Lipinski definition) is 1. The maximum Gasteiger partial charge on any atom is 0.178 e. The number of hydrogen-bond acceptors (Lipinski definition) is 4. The van der Waals surface area contributed by atoms with Crippen molar-refractivity contribution in [3.05, 3.63) is 66.6 Å². The van der Waals surface area contributed by atoms with Gasteiger partial charge in [-0.2, -0.15) is 0 Å². The van der Waals surface area contributed by atoms with Crippen LogP contribution in [-0.2, 0) is 6.54 Å². The minimum absolute atomic E-state index is 0.253. The Morgan fingerprint density at radius 1 is 1.05 bits per heavy atom. The Kier molecular flexibility index (Phi) is 2.89. The number of furan rings is 1. The summed E-state index contributed by atoms with van der Waals surface area (Å²) in [5, 5.41) is 9.41. The number of rotatable bonds is 3. The lowest BCUT2D eigenvalue weighted by Crippen LogP contribution is -2.02.